The molecule has 3 aromatic rings. The number of methoxy groups -OCH3 is 1. The standard InChI is InChI=1S/C30H35ClN2O3S/c1-4-22(2)32-30(35)28(18-23-8-6-5-7-9-23)33(19-24-10-14-26(31)15-11-24)29(34)21-37-20-25-12-16-27(36-3)17-13-25/h5-17,22,28H,4,18-21H2,1-3H3,(H,32,35)/t22-,28+/m1/s1. The molecule has 0 aliphatic heterocycles. The summed E-state index contributed by atoms with van der Waals surface area (Å²) in [7, 11) is 1.64. The highest BCUT2D eigenvalue weighted by Gasteiger charge is 2.30. The highest BCUT2D eigenvalue weighted by atomic mass is 35.5. The summed E-state index contributed by atoms with van der Waals surface area (Å²) in [6, 6.07) is 24.5. The first-order chi connectivity index (χ1) is 17.9. The molecule has 3 aromatic carbocycles. The molecule has 0 saturated heterocycles. The molecule has 37 heavy (non-hydrogen) atoms. The van der Waals surface area contributed by atoms with Crippen molar-refractivity contribution in [3.63, 3.8) is 0 Å². The van der Waals surface area contributed by atoms with Gasteiger partial charge < -0.3 is 15.0 Å². The van der Waals surface area contributed by atoms with Crippen LogP contribution in [0.5, 0.6) is 5.75 Å². The molecule has 2 atom stereocenters. The third kappa shape index (κ3) is 9.13. The summed E-state index contributed by atoms with van der Waals surface area (Å²) < 4.78 is 5.23. The van der Waals surface area contributed by atoms with Crippen LogP contribution in [0.1, 0.15) is 37.0 Å². The smallest absolute Gasteiger partial charge is 0.243 e. The minimum absolute atomic E-state index is 0.0164. The average Bonchev–Trinajstić information content (AvgIpc) is 2.92. The number of thioether (sulfide) groups is 1. The van der Waals surface area contributed by atoms with E-state index in [1.807, 2.05) is 92.7 Å². The Morgan fingerprint density at radius 2 is 1.59 bits per heavy atom. The molecule has 7 heteroatoms. The van der Waals surface area contributed by atoms with E-state index < -0.39 is 6.04 Å². The van der Waals surface area contributed by atoms with Crippen molar-refractivity contribution in [1.82, 2.24) is 10.2 Å². The SMILES string of the molecule is CC[C@@H](C)NC(=O)[C@H](Cc1ccccc1)N(Cc1ccc(Cl)cc1)C(=O)CSCc1ccc(OC)cc1. The fourth-order valence-corrected chi connectivity index (χ4v) is 4.84. The first kappa shape index (κ1) is 28.6. The summed E-state index contributed by atoms with van der Waals surface area (Å²) in [6.45, 7) is 4.33. The molecule has 0 heterocycles. The van der Waals surface area contributed by atoms with Gasteiger partial charge in [-0.1, -0.05) is 73.1 Å². The van der Waals surface area contributed by atoms with Crippen molar-refractivity contribution >= 4 is 35.2 Å². The number of nitrogens with zero attached hydrogens (tertiary/aromatic N) is 1. The molecule has 0 aliphatic rings. The van der Waals surface area contributed by atoms with Crippen molar-refractivity contribution in [3.8, 4) is 5.75 Å². The first-order valence-electron chi connectivity index (χ1n) is 12.5. The molecule has 0 spiro atoms. The average molecular weight is 539 g/mol. The maximum Gasteiger partial charge on any atom is 0.243 e. The fourth-order valence-electron chi connectivity index (χ4n) is 3.84. The van der Waals surface area contributed by atoms with Gasteiger partial charge in [-0.25, -0.2) is 0 Å². The van der Waals surface area contributed by atoms with Gasteiger partial charge >= 0.3 is 0 Å². The Kier molecular flexibility index (Phi) is 11.4. The van der Waals surface area contributed by atoms with Crippen LogP contribution in [0.4, 0.5) is 0 Å². The van der Waals surface area contributed by atoms with Crippen LogP contribution in [0.2, 0.25) is 5.02 Å². The summed E-state index contributed by atoms with van der Waals surface area (Å²) >= 11 is 7.63. The quantitative estimate of drug-likeness (QED) is 0.284. The zero-order chi connectivity index (χ0) is 26.6. The minimum atomic E-state index is -0.638. The van der Waals surface area contributed by atoms with Crippen molar-refractivity contribution in [3.05, 3.63) is 101 Å². The Labute approximate surface area is 229 Å². The Bertz CT molecular complexity index is 1120. The van der Waals surface area contributed by atoms with Gasteiger partial charge in [0.05, 0.1) is 12.9 Å². The minimum Gasteiger partial charge on any atom is -0.497 e. The lowest BCUT2D eigenvalue weighted by atomic mass is 10.0. The van der Waals surface area contributed by atoms with Crippen LogP contribution in [0.25, 0.3) is 0 Å². The van der Waals surface area contributed by atoms with Crippen LogP contribution in [0.15, 0.2) is 78.9 Å². The largest absolute Gasteiger partial charge is 0.497 e. The zero-order valence-electron chi connectivity index (χ0n) is 21.7. The summed E-state index contributed by atoms with van der Waals surface area (Å²) in [5.41, 5.74) is 3.04. The summed E-state index contributed by atoms with van der Waals surface area (Å²) in [6.07, 6.45) is 1.25. The number of carbonyl (C=O) groups excluding carboxylic acids is 2. The number of nitrogens with one attached hydrogen (secondary N) is 1. The maximum absolute atomic E-state index is 13.7. The summed E-state index contributed by atoms with van der Waals surface area (Å²) in [4.78, 5) is 28.9. The van der Waals surface area contributed by atoms with E-state index in [0.29, 0.717) is 23.7 Å². The third-order valence-electron chi connectivity index (χ3n) is 6.19. The molecule has 1 N–H and O–H groups in total. The van der Waals surface area contributed by atoms with Gasteiger partial charge in [-0.05, 0) is 54.3 Å². The first-order valence-corrected chi connectivity index (χ1v) is 14.0. The van der Waals surface area contributed by atoms with Gasteiger partial charge in [0.2, 0.25) is 11.8 Å². The second-order valence-electron chi connectivity index (χ2n) is 9.01. The molecule has 0 unspecified atom stereocenters. The number of rotatable bonds is 13. The molecule has 0 radical (unpaired) electrons. The van der Waals surface area contributed by atoms with Crippen molar-refractivity contribution in [2.75, 3.05) is 12.9 Å². The van der Waals surface area contributed by atoms with E-state index in [-0.39, 0.29) is 23.6 Å². The van der Waals surface area contributed by atoms with Crippen molar-refractivity contribution in [2.45, 2.75) is 51.1 Å². The summed E-state index contributed by atoms with van der Waals surface area (Å²) in [5.74, 6) is 1.54. The van der Waals surface area contributed by atoms with Gasteiger partial charge in [0.25, 0.3) is 0 Å². The van der Waals surface area contributed by atoms with Gasteiger partial charge in [0, 0.05) is 29.8 Å². The van der Waals surface area contributed by atoms with Gasteiger partial charge in [-0.2, -0.15) is 0 Å². The lowest BCUT2D eigenvalue weighted by molar-refractivity contribution is -0.139. The van der Waals surface area contributed by atoms with Crippen LogP contribution in [-0.4, -0.2) is 41.7 Å². The number of hydrogen-bond acceptors (Lipinski definition) is 4. The molecule has 3 rings (SSSR count). The molecular weight excluding hydrogens is 504 g/mol. The Hall–Kier alpha value is -2.96. The molecule has 0 bridgehead atoms. The van der Waals surface area contributed by atoms with Crippen LogP contribution in [0, 0.1) is 0 Å². The number of hydrogen-bond donors (Lipinski definition) is 1. The van der Waals surface area contributed by atoms with Crippen LogP contribution in [-0.2, 0) is 28.3 Å². The van der Waals surface area contributed by atoms with E-state index in [2.05, 4.69) is 5.32 Å². The van der Waals surface area contributed by atoms with Gasteiger partial charge in [0.15, 0.2) is 0 Å². The number of ether oxygens (including phenoxy) is 1. The van der Waals surface area contributed by atoms with Crippen LogP contribution < -0.4 is 10.1 Å². The van der Waals surface area contributed by atoms with E-state index in [1.165, 1.54) is 11.8 Å². The van der Waals surface area contributed by atoms with E-state index >= 15 is 0 Å². The maximum atomic E-state index is 13.7. The van der Waals surface area contributed by atoms with Crippen molar-refractivity contribution in [1.29, 1.82) is 0 Å². The molecule has 0 aliphatic carbocycles. The normalized spacial score (nSPS) is 12.4. The molecule has 2 amide bonds. The van der Waals surface area contributed by atoms with Gasteiger partial charge in [-0.3, -0.25) is 9.59 Å². The topological polar surface area (TPSA) is 58.6 Å². The molecule has 0 saturated carbocycles. The zero-order valence-corrected chi connectivity index (χ0v) is 23.2. The lowest BCUT2D eigenvalue weighted by Crippen LogP contribution is -2.52. The monoisotopic (exact) mass is 538 g/mol. The Morgan fingerprint density at radius 3 is 2.22 bits per heavy atom. The highest BCUT2D eigenvalue weighted by Crippen LogP contribution is 2.21. The van der Waals surface area contributed by atoms with Gasteiger partial charge in [-0.15, -0.1) is 11.8 Å². The predicted octanol–water partition coefficient (Wildman–Crippen LogP) is 6.14. The van der Waals surface area contributed by atoms with Gasteiger partial charge in [0.1, 0.15) is 11.8 Å². The lowest BCUT2D eigenvalue weighted by Gasteiger charge is -2.32. The fraction of sp³-hybridized carbons (Fsp3) is 0.333. The Morgan fingerprint density at radius 1 is 0.946 bits per heavy atom. The second kappa shape index (κ2) is 14.7. The van der Waals surface area contributed by atoms with E-state index in [0.717, 1.165) is 28.9 Å². The predicted molar refractivity (Wildman–Crippen MR) is 153 cm³/mol. The Balaban J connectivity index is 1.82. The van der Waals surface area contributed by atoms with E-state index in [1.54, 1.807) is 12.0 Å². The van der Waals surface area contributed by atoms with E-state index in [9.17, 15) is 9.59 Å². The molecule has 0 fully saturated rings. The number of benzene rings is 3. The molecule has 0 aromatic heterocycles. The number of halogens is 1. The molecular formula is C30H35ClN2O3S. The summed E-state index contributed by atoms with van der Waals surface area (Å²) in [5, 5.41) is 3.73. The second-order valence-corrected chi connectivity index (χ2v) is 10.4. The van der Waals surface area contributed by atoms with Crippen molar-refractivity contribution in [2.24, 2.45) is 0 Å². The molecule has 196 valence electrons. The molecule has 5 nitrogen and oxygen atoms in total. The number of carbonyl (C=O) groups is 2. The highest BCUT2D eigenvalue weighted by molar-refractivity contribution is 7.99. The van der Waals surface area contributed by atoms with Crippen LogP contribution >= 0.6 is 23.4 Å². The van der Waals surface area contributed by atoms with E-state index in [4.69, 9.17) is 16.3 Å². The van der Waals surface area contributed by atoms with Crippen LogP contribution in [0.3, 0.4) is 0 Å². The van der Waals surface area contributed by atoms with Crippen molar-refractivity contribution < 1.29 is 14.3 Å². The third-order valence-corrected chi connectivity index (χ3v) is 7.43. The number of amides is 2.